The molecule has 4 rings (SSSR count). The summed E-state index contributed by atoms with van der Waals surface area (Å²) in [6.45, 7) is 5.92. The van der Waals surface area contributed by atoms with E-state index in [-0.39, 0.29) is 0 Å². The van der Waals surface area contributed by atoms with Gasteiger partial charge in [-0.1, -0.05) is 12.1 Å². The molecular weight excluding hydrogens is 326 g/mol. The monoisotopic (exact) mass is 345 g/mol. The van der Waals surface area contributed by atoms with E-state index in [4.69, 9.17) is 9.15 Å². The molecule has 0 amide bonds. The van der Waals surface area contributed by atoms with Gasteiger partial charge in [0.15, 0.2) is 0 Å². The fourth-order valence-corrected chi connectivity index (χ4v) is 2.88. The van der Waals surface area contributed by atoms with Gasteiger partial charge < -0.3 is 9.15 Å². The van der Waals surface area contributed by atoms with Gasteiger partial charge in [0, 0.05) is 17.3 Å². The van der Waals surface area contributed by atoms with Gasteiger partial charge >= 0.3 is 0 Å². The largest absolute Gasteiger partial charge is 0.457 e. The topological polar surface area (TPSA) is 53.1 Å². The van der Waals surface area contributed by atoms with Crippen LogP contribution in [-0.2, 0) is 0 Å². The molecule has 5 heteroatoms. The lowest BCUT2D eigenvalue weighted by molar-refractivity contribution is 0.482. The highest BCUT2D eigenvalue weighted by molar-refractivity contribution is 5.56. The van der Waals surface area contributed by atoms with E-state index in [1.807, 2.05) is 74.0 Å². The minimum Gasteiger partial charge on any atom is -0.457 e. The van der Waals surface area contributed by atoms with E-state index in [0.29, 0.717) is 5.89 Å². The average molecular weight is 345 g/mol. The van der Waals surface area contributed by atoms with E-state index in [0.717, 1.165) is 39.8 Å². The van der Waals surface area contributed by atoms with Crippen LogP contribution in [0.15, 0.2) is 65.3 Å². The Balaban J connectivity index is 1.62. The van der Waals surface area contributed by atoms with Crippen LogP contribution >= 0.6 is 0 Å². The first kappa shape index (κ1) is 16.1. The summed E-state index contributed by atoms with van der Waals surface area (Å²) >= 11 is 0. The Kier molecular flexibility index (Phi) is 4.05. The van der Waals surface area contributed by atoms with E-state index in [9.17, 15) is 0 Å². The first-order valence-corrected chi connectivity index (χ1v) is 8.42. The normalized spacial score (nSPS) is 10.9. The molecule has 0 saturated carbocycles. The minimum absolute atomic E-state index is 0.587. The van der Waals surface area contributed by atoms with Gasteiger partial charge in [0.2, 0.25) is 5.89 Å². The van der Waals surface area contributed by atoms with Crippen molar-refractivity contribution in [3.63, 3.8) is 0 Å². The molecule has 0 unspecified atom stereocenters. The fourth-order valence-electron chi connectivity index (χ4n) is 2.88. The number of ether oxygens (including phenoxy) is 1. The number of nitrogens with zero attached hydrogens (tertiary/aromatic N) is 3. The van der Waals surface area contributed by atoms with E-state index in [1.165, 1.54) is 0 Å². The first-order chi connectivity index (χ1) is 12.6. The molecule has 2 aromatic carbocycles. The molecule has 26 heavy (non-hydrogen) atoms. The van der Waals surface area contributed by atoms with Crippen molar-refractivity contribution in [3.8, 4) is 28.6 Å². The van der Waals surface area contributed by atoms with Crippen LogP contribution in [0.4, 0.5) is 0 Å². The lowest BCUT2D eigenvalue weighted by atomic mass is 10.2. The highest BCUT2D eigenvalue weighted by Gasteiger charge is 2.08. The first-order valence-electron chi connectivity index (χ1n) is 8.42. The molecule has 0 spiro atoms. The second kappa shape index (κ2) is 6.52. The van der Waals surface area contributed by atoms with Crippen molar-refractivity contribution in [2.75, 3.05) is 0 Å². The quantitative estimate of drug-likeness (QED) is 0.507. The summed E-state index contributed by atoms with van der Waals surface area (Å²) in [5, 5.41) is 4.53. The molecule has 0 aliphatic carbocycles. The second-order valence-electron chi connectivity index (χ2n) is 6.26. The summed E-state index contributed by atoms with van der Waals surface area (Å²) in [4.78, 5) is 4.36. The molecule has 2 aromatic heterocycles. The van der Waals surface area contributed by atoms with Crippen molar-refractivity contribution < 1.29 is 9.15 Å². The molecule has 0 bridgehead atoms. The Morgan fingerprint density at radius 1 is 0.885 bits per heavy atom. The van der Waals surface area contributed by atoms with Gasteiger partial charge in [0.1, 0.15) is 17.8 Å². The molecule has 0 aliphatic heterocycles. The van der Waals surface area contributed by atoms with Crippen LogP contribution in [0.2, 0.25) is 0 Å². The van der Waals surface area contributed by atoms with Crippen LogP contribution in [0.1, 0.15) is 17.1 Å². The molecule has 0 fully saturated rings. The number of aromatic nitrogens is 3. The summed E-state index contributed by atoms with van der Waals surface area (Å²) in [6, 6.07) is 17.6. The number of aryl methyl sites for hydroxylation is 3. The maximum Gasteiger partial charge on any atom is 0.226 e. The standard InChI is InChI=1S/C21H19N3O2/c1-14-10-16(3)24(23-14)18-7-5-9-20(12-18)26-19-8-4-6-17(11-19)21-22-15(2)13-25-21/h4-13H,1-3H3. The molecular formula is C21H19N3O2. The van der Waals surface area contributed by atoms with Gasteiger partial charge in [-0.25, -0.2) is 9.67 Å². The van der Waals surface area contributed by atoms with Crippen molar-refractivity contribution in [3.05, 3.63) is 77.9 Å². The third kappa shape index (κ3) is 3.24. The van der Waals surface area contributed by atoms with Crippen LogP contribution in [-0.4, -0.2) is 14.8 Å². The van der Waals surface area contributed by atoms with Crippen LogP contribution in [0.5, 0.6) is 11.5 Å². The molecule has 5 nitrogen and oxygen atoms in total. The zero-order valence-corrected chi connectivity index (χ0v) is 14.9. The number of hydrogen-bond acceptors (Lipinski definition) is 4. The van der Waals surface area contributed by atoms with E-state index >= 15 is 0 Å². The third-order valence-corrected chi connectivity index (χ3v) is 4.01. The number of hydrogen-bond donors (Lipinski definition) is 0. The Morgan fingerprint density at radius 3 is 2.35 bits per heavy atom. The van der Waals surface area contributed by atoms with Gasteiger partial charge in [0.25, 0.3) is 0 Å². The molecule has 0 atom stereocenters. The Bertz CT molecular complexity index is 1060. The number of benzene rings is 2. The predicted molar refractivity (Wildman–Crippen MR) is 99.8 cm³/mol. The predicted octanol–water partition coefficient (Wildman–Crippen LogP) is 5.24. The molecule has 0 aliphatic rings. The van der Waals surface area contributed by atoms with Crippen molar-refractivity contribution >= 4 is 0 Å². The van der Waals surface area contributed by atoms with Crippen LogP contribution in [0.3, 0.4) is 0 Å². The number of rotatable bonds is 4. The van der Waals surface area contributed by atoms with Crippen molar-refractivity contribution in [2.45, 2.75) is 20.8 Å². The highest BCUT2D eigenvalue weighted by Crippen LogP contribution is 2.28. The van der Waals surface area contributed by atoms with Crippen LogP contribution in [0, 0.1) is 20.8 Å². The maximum absolute atomic E-state index is 6.05. The van der Waals surface area contributed by atoms with Crippen molar-refractivity contribution in [1.29, 1.82) is 0 Å². The van der Waals surface area contributed by atoms with Crippen molar-refractivity contribution in [2.24, 2.45) is 0 Å². The molecule has 0 radical (unpaired) electrons. The van der Waals surface area contributed by atoms with Gasteiger partial charge in [-0.05, 0) is 57.2 Å². The molecule has 0 saturated heterocycles. The van der Waals surface area contributed by atoms with E-state index in [1.54, 1.807) is 6.26 Å². The average Bonchev–Trinajstić information content (AvgIpc) is 3.20. The zero-order chi connectivity index (χ0) is 18.1. The SMILES string of the molecule is Cc1coc(-c2cccc(Oc3cccc(-n4nc(C)cc4C)c3)c2)n1. The summed E-state index contributed by atoms with van der Waals surface area (Å²) in [5.41, 5.74) is 4.77. The highest BCUT2D eigenvalue weighted by atomic mass is 16.5. The fraction of sp³-hybridized carbons (Fsp3) is 0.143. The smallest absolute Gasteiger partial charge is 0.226 e. The lowest BCUT2D eigenvalue weighted by Gasteiger charge is -2.09. The summed E-state index contributed by atoms with van der Waals surface area (Å²) in [7, 11) is 0. The summed E-state index contributed by atoms with van der Waals surface area (Å²) < 4.78 is 13.4. The Labute approximate surface area is 151 Å². The van der Waals surface area contributed by atoms with Gasteiger partial charge in [-0.15, -0.1) is 0 Å². The van der Waals surface area contributed by atoms with Crippen LogP contribution < -0.4 is 4.74 Å². The van der Waals surface area contributed by atoms with E-state index in [2.05, 4.69) is 16.1 Å². The number of oxazole rings is 1. The van der Waals surface area contributed by atoms with Gasteiger partial charge in [-0.3, -0.25) is 0 Å². The van der Waals surface area contributed by atoms with E-state index < -0.39 is 0 Å². The van der Waals surface area contributed by atoms with Gasteiger partial charge in [0.05, 0.1) is 17.1 Å². The Hall–Kier alpha value is -3.34. The molecule has 130 valence electrons. The molecule has 0 N–H and O–H groups in total. The summed E-state index contributed by atoms with van der Waals surface area (Å²) in [6.07, 6.45) is 1.64. The van der Waals surface area contributed by atoms with Crippen LogP contribution in [0.25, 0.3) is 17.1 Å². The molecule has 2 heterocycles. The van der Waals surface area contributed by atoms with Crippen molar-refractivity contribution in [1.82, 2.24) is 14.8 Å². The maximum atomic E-state index is 6.05. The zero-order valence-electron chi connectivity index (χ0n) is 14.9. The second-order valence-corrected chi connectivity index (χ2v) is 6.26. The minimum atomic E-state index is 0.587. The molecule has 4 aromatic rings. The third-order valence-electron chi connectivity index (χ3n) is 4.01. The Morgan fingerprint density at radius 2 is 1.65 bits per heavy atom. The summed E-state index contributed by atoms with van der Waals surface area (Å²) in [5.74, 6) is 2.06. The lowest BCUT2D eigenvalue weighted by Crippen LogP contribution is -1.99. The van der Waals surface area contributed by atoms with Gasteiger partial charge in [-0.2, -0.15) is 5.10 Å².